The maximum Gasteiger partial charge on any atom is 0.230 e. The third kappa shape index (κ3) is 2.95. The van der Waals surface area contributed by atoms with Crippen LogP contribution in [0.5, 0.6) is 11.6 Å². The van der Waals surface area contributed by atoms with Crippen LogP contribution in [0.2, 0.25) is 0 Å². The van der Waals surface area contributed by atoms with Crippen molar-refractivity contribution >= 4 is 21.9 Å². The highest BCUT2D eigenvalue weighted by Crippen LogP contribution is 2.30. The van der Waals surface area contributed by atoms with Gasteiger partial charge in [-0.25, -0.2) is 4.98 Å². The molecule has 0 atom stereocenters. The van der Waals surface area contributed by atoms with Crippen LogP contribution < -0.4 is 4.74 Å². The van der Waals surface area contributed by atoms with E-state index >= 15 is 0 Å². The van der Waals surface area contributed by atoms with Gasteiger partial charge in [0.05, 0.1) is 21.9 Å². The first-order chi connectivity index (χ1) is 13.4. The zero-order valence-electron chi connectivity index (χ0n) is 14.3. The van der Waals surface area contributed by atoms with Crippen LogP contribution in [0.15, 0.2) is 85.2 Å². The van der Waals surface area contributed by atoms with Gasteiger partial charge in [-0.3, -0.25) is 9.97 Å². The van der Waals surface area contributed by atoms with E-state index < -0.39 is 0 Å². The van der Waals surface area contributed by atoms with Gasteiger partial charge in [0.1, 0.15) is 5.75 Å². The number of para-hydroxylation sites is 1. The summed E-state index contributed by atoms with van der Waals surface area (Å²) in [5, 5.41) is 0.858. The molecule has 0 N–H and O–H groups in total. The van der Waals surface area contributed by atoms with Gasteiger partial charge >= 0.3 is 0 Å². The lowest BCUT2D eigenvalue weighted by molar-refractivity contribution is 0.469. The van der Waals surface area contributed by atoms with Gasteiger partial charge in [0.2, 0.25) is 5.88 Å². The first-order valence-corrected chi connectivity index (χ1v) is 8.58. The van der Waals surface area contributed by atoms with Crippen molar-refractivity contribution in [3.8, 4) is 23.0 Å². The molecule has 0 bridgehead atoms. The molecule has 0 saturated heterocycles. The molecule has 0 saturated carbocycles. The summed E-state index contributed by atoms with van der Waals surface area (Å²) in [7, 11) is 0. The molecule has 2 aromatic heterocycles. The molecule has 2 heterocycles. The van der Waals surface area contributed by atoms with Gasteiger partial charge < -0.3 is 4.74 Å². The molecule has 5 nitrogen and oxygen atoms in total. The number of nitrogens with zero attached hydrogens (tertiary/aromatic N) is 4. The standard InChI is InChI=1S/C22H14N4O/c1-2-6-15(7-3-1)21-25-18-9-5-4-8-17(18)22(26-21)27-16-10-11-19-20(14-16)24-13-12-23-19/h1-14H. The van der Waals surface area contributed by atoms with Crippen LogP contribution in [0.4, 0.5) is 0 Å². The minimum atomic E-state index is 0.516. The topological polar surface area (TPSA) is 60.8 Å². The van der Waals surface area contributed by atoms with Crippen LogP contribution in [0.1, 0.15) is 0 Å². The first kappa shape index (κ1) is 15.4. The maximum atomic E-state index is 6.14. The first-order valence-electron chi connectivity index (χ1n) is 8.58. The minimum Gasteiger partial charge on any atom is -0.438 e. The fourth-order valence-corrected chi connectivity index (χ4v) is 2.96. The van der Waals surface area contributed by atoms with E-state index in [2.05, 4.69) is 19.9 Å². The maximum absolute atomic E-state index is 6.14. The molecule has 0 aliphatic rings. The lowest BCUT2D eigenvalue weighted by Crippen LogP contribution is -1.96. The second kappa shape index (κ2) is 6.46. The highest BCUT2D eigenvalue weighted by molar-refractivity contribution is 5.85. The Kier molecular flexibility index (Phi) is 3.68. The average Bonchev–Trinajstić information content (AvgIpc) is 2.74. The Morgan fingerprint density at radius 1 is 0.630 bits per heavy atom. The van der Waals surface area contributed by atoms with E-state index in [1.54, 1.807) is 12.4 Å². The fraction of sp³-hybridized carbons (Fsp3) is 0. The molecular formula is C22H14N4O. The molecule has 0 spiro atoms. The number of hydrogen-bond donors (Lipinski definition) is 0. The molecule has 5 aromatic rings. The molecule has 0 unspecified atom stereocenters. The van der Waals surface area contributed by atoms with Gasteiger partial charge in [0.25, 0.3) is 0 Å². The molecule has 0 amide bonds. The summed E-state index contributed by atoms with van der Waals surface area (Å²) in [6, 6.07) is 23.3. The summed E-state index contributed by atoms with van der Waals surface area (Å²) in [5.41, 5.74) is 3.37. The lowest BCUT2D eigenvalue weighted by atomic mass is 10.2. The van der Waals surface area contributed by atoms with E-state index in [1.807, 2.05) is 72.8 Å². The van der Waals surface area contributed by atoms with Crippen molar-refractivity contribution in [3.05, 3.63) is 85.2 Å². The number of ether oxygens (including phenoxy) is 1. The van der Waals surface area contributed by atoms with E-state index in [1.165, 1.54) is 0 Å². The highest BCUT2D eigenvalue weighted by Gasteiger charge is 2.11. The van der Waals surface area contributed by atoms with Crippen LogP contribution in [0.3, 0.4) is 0 Å². The third-order valence-corrected chi connectivity index (χ3v) is 4.26. The monoisotopic (exact) mass is 350 g/mol. The Balaban J connectivity index is 1.64. The van der Waals surface area contributed by atoms with Gasteiger partial charge in [-0.2, -0.15) is 4.98 Å². The van der Waals surface area contributed by atoms with Crippen molar-refractivity contribution in [2.75, 3.05) is 0 Å². The second-order valence-electron chi connectivity index (χ2n) is 6.04. The Bertz CT molecular complexity index is 1260. The third-order valence-electron chi connectivity index (χ3n) is 4.26. The molecular weight excluding hydrogens is 336 g/mol. The minimum absolute atomic E-state index is 0.516. The van der Waals surface area contributed by atoms with Gasteiger partial charge in [0, 0.05) is 24.0 Å². The summed E-state index contributed by atoms with van der Waals surface area (Å²) < 4.78 is 6.14. The van der Waals surface area contributed by atoms with Crippen molar-refractivity contribution in [2.24, 2.45) is 0 Å². The second-order valence-corrected chi connectivity index (χ2v) is 6.04. The number of fused-ring (bicyclic) bond motifs is 2. The molecule has 3 aromatic carbocycles. The van der Waals surface area contributed by atoms with E-state index in [0.29, 0.717) is 17.5 Å². The number of rotatable bonds is 3. The van der Waals surface area contributed by atoms with E-state index in [0.717, 1.165) is 27.5 Å². The molecule has 128 valence electrons. The van der Waals surface area contributed by atoms with E-state index in [9.17, 15) is 0 Å². The van der Waals surface area contributed by atoms with Crippen molar-refractivity contribution < 1.29 is 4.74 Å². The predicted molar refractivity (Wildman–Crippen MR) is 105 cm³/mol. The molecule has 0 radical (unpaired) electrons. The lowest BCUT2D eigenvalue weighted by Gasteiger charge is -2.10. The Labute approximate surface area is 155 Å². The van der Waals surface area contributed by atoms with Crippen LogP contribution in [-0.2, 0) is 0 Å². The van der Waals surface area contributed by atoms with Gasteiger partial charge in [-0.05, 0) is 24.3 Å². The average molecular weight is 350 g/mol. The van der Waals surface area contributed by atoms with Crippen molar-refractivity contribution in [1.29, 1.82) is 0 Å². The van der Waals surface area contributed by atoms with Crippen molar-refractivity contribution in [3.63, 3.8) is 0 Å². The van der Waals surface area contributed by atoms with E-state index in [-0.39, 0.29) is 0 Å². The summed E-state index contributed by atoms with van der Waals surface area (Å²) in [6.45, 7) is 0. The number of hydrogen-bond acceptors (Lipinski definition) is 5. The predicted octanol–water partition coefficient (Wildman–Crippen LogP) is 5.03. The van der Waals surface area contributed by atoms with E-state index in [4.69, 9.17) is 4.74 Å². The smallest absolute Gasteiger partial charge is 0.230 e. The van der Waals surface area contributed by atoms with Crippen molar-refractivity contribution in [1.82, 2.24) is 19.9 Å². The van der Waals surface area contributed by atoms with Crippen LogP contribution in [-0.4, -0.2) is 19.9 Å². The summed E-state index contributed by atoms with van der Waals surface area (Å²) >= 11 is 0. The molecule has 5 heteroatoms. The highest BCUT2D eigenvalue weighted by atomic mass is 16.5. The normalized spacial score (nSPS) is 11.0. The SMILES string of the molecule is c1ccc(-c2nc(Oc3ccc4nccnc4c3)c3ccccc3n2)cc1. The quantitative estimate of drug-likeness (QED) is 0.456. The molecule has 27 heavy (non-hydrogen) atoms. The summed E-state index contributed by atoms with van der Waals surface area (Å²) in [4.78, 5) is 18.0. The number of benzene rings is 3. The van der Waals surface area contributed by atoms with Crippen molar-refractivity contribution in [2.45, 2.75) is 0 Å². The zero-order valence-corrected chi connectivity index (χ0v) is 14.3. The fourth-order valence-electron chi connectivity index (χ4n) is 2.96. The van der Waals surface area contributed by atoms with Gasteiger partial charge in [0.15, 0.2) is 5.82 Å². The largest absolute Gasteiger partial charge is 0.438 e. The number of aromatic nitrogens is 4. The Morgan fingerprint density at radius 2 is 1.41 bits per heavy atom. The van der Waals surface area contributed by atoms with Gasteiger partial charge in [-0.1, -0.05) is 42.5 Å². The molecule has 0 fully saturated rings. The van der Waals surface area contributed by atoms with Crippen LogP contribution in [0.25, 0.3) is 33.3 Å². The van der Waals surface area contributed by atoms with Gasteiger partial charge in [-0.15, -0.1) is 0 Å². The molecule has 0 aliphatic carbocycles. The summed E-state index contributed by atoms with van der Waals surface area (Å²) in [6.07, 6.45) is 3.34. The zero-order chi connectivity index (χ0) is 18.1. The van der Waals surface area contributed by atoms with Crippen LogP contribution >= 0.6 is 0 Å². The molecule has 0 aliphatic heterocycles. The Hall–Kier alpha value is -3.86. The Morgan fingerprint density at radius 3 is 2.30 bits per heavy atom. The summed E-state index contributed by atoms with van der Waals surface area (Å²) in [5.74, 6) is 1.80. The molecule has 5 rings (SSSR count). The van der Waals surface area contributed by atoms with Crippen LogP contribution in [0, 0.1) is 0 Å².